The molecule has 0 atom stereocenters. The van der Waals surface area contributed by atoms with Crippen LogP contribution in [0.4, 0.5) is 0 Å². The van der Waals surface area contributed by atoms with Crippen molar-refractivity contribution in [3.8, 4) is 0 Å². The zero-order chi connectivity index (χ0) is 2.71. The molecule has 0 radical (unpaired) electrons. The Labute approximate surface area is 59.0 Å². The van der Waals surface area contributed by atoms with E-state index in [1.165, 1.54) is 0 Å². The van der Waals surface area contributed by atoms with Gasteiger partial charge in [-0.2, -0.15) is 0 Å². The van der Waals surface area contributed by atoms with Crippen LogP contribution in [0.3, 0.4) is 0 Å². The Hall–Kier alpha value is 0.942. The van der Waals surface area contributed by atoms with Crippen LogP contribution in [-0.4, -0.2) is 23.9 Å². The van der Waals surface area contributed by atoms with Gasteiger partial charge < -0.3 is 11.0 Å². The van der Waals surface area contributed by atoms with Crippen LogP contribution in [0.15, 0.2) is 0 Å². The number of hydrogen-bond acceptors (Lipinski definition) is 2. The first-order chi connectivity index (χ1) is 1.41. The van der Waals surface area contributed by atoms with E-state index in [2.05, 4.69) is 0 Å². The molecule has 6 heteroatoms. The summed E-state index contributed by atoms with van der Waals surface area (Å²) in [7, 11) is 0. The molecule has 0 N–H and O–H groups in total. The van der Waals surface area contributed by atoms with E-state index in [1.54, 1.807) is 0 Å². The summed E-state index contributed by atoms with van der Waals surface area (Å²) in [5, 5.41) is 0. The van der Waals surface area contributed by atoms with Crippen LogP contribution in [0.1, 0.15) is 0 Å². The van der Waals surface area contributed by atoms with Gasteiger partial charge in [0.05, 0.1) is 0 Å². The van der Waals surface area contributed by atoms with Crippen LogP contribution < -0.4 is 0 Å². The number of rotatable bonds is 0. The number of hydrogen-bond donors (Lipinski definition) is 0. The molecule has 0 saturated carbocycles. The Morgan fingerprint density at radius 2 is 1.00 bits per heavy atom. The summed E-state index contributed by atoms with van der Waals surface area (Å²) in [5.41, 5.74) is 0. The second kappa shape index (κ2) is 38.5. The first-order valence-corrected chi connectivity index (χ1v) is 3.00. The van der Waals surface area contributed by atoms with E-state index >= 15 is 0 Å². The van der Waals surface area contributed by atoms with Gasteiger partial charge in [-0.05, 0) is 0 Å². The van der Waals surface area contributed by atoms with E-state index in [1.807, 2.05) is 0 Å². The minimum Gasteiger partial charge on any atom is 4.00 e. The van der Waals surface area contributed by atoms with Gasteiger partial charge in [0.15, 0.2) is 0 Å². The SMILES string of the molecule is [O-2].[O-2].[O]=[Zn]=[O].[Sn+4]. The summed E-state index contributed by atoms with van der Waals surface area (Å²) in [5.74, 6) is 0. The van der Waals surface area contributed by atoms with Crippen molar-refractivity contribution in [1.29, 1.82) is 0 Å². The van der Waals surface area contributed by atoms with Crippen molar-refractivity contribution in [3.05, 3.63) is 0 Å². The smallest absolute Gasteiger partial charge is 4.00 e. The largest absolute Gasteiger partial charge is 4.00 e. The molecule has 0 spiro atoms. The van der Waals surface area contributed by atoms with Crippen molar-refractivity contribution in [2.45, 2.75) is 0 Å². The van der Waals surface area contributed by atoms with Crippen LogP contribution in [0, 0.1) is 0 Å². The molecule has 0 aromatic heterocycles. The molecule has 0 aliphatic heterocycles. The molecule has 0 fully saturated rings. The minimum absolute atomic E-state index is 0. The van der Waals surface area contributed by atoms with Crippen LogP contribution in [0.5, 0.6) is 0 Å². The second-order valence-electron chi connectivity index (χ2n) is 0.118. The van der Waals surface area contributed by atoms with Gasteiger partial charge in [0.25, 0.3) is 0 Å². The maximum atomic E-state index is 8.56. The average Bonchev–Trinajstić information content (AvgIpc) is 0.918. The topological polar surface area (TPSA) is 91.1 Å². The Bertz CT molecular complexity index is 28.5. The minimum atomic E-state index is -2.38. The van der Waals surface area contributed by atoms with Crippen molar-refractivity contribution in [2.75, 3.05) is 0 Å². The maximum absolute atomic E-state index is 8.56. The molecular formula is O4SnZn. The van der Waals surface area contributed by atoms with Crippen LogP contribution in [-0.2, 0) is 35.1 Å². The summed E-state index contributed by atoms with van der Waals surface area (Å²) in [6.07, 6.45) is 0. The van der Waals surface area contributed by atoms with Crippen molar-refractivity contribution >= 4 is 23.9 Å². The second-order valence-corrected chi connectivity index (χ2v) is 0.612. The molecule has 0 saturated heterocycles. The fraction of sp³-hybridized carbons (Fsp3) is 0. The van der Waals surface area contributed by atoms with Gasteiger partial charge in [0.1, 0.15) is 0 Å². The normalized spacial score (nSPS) is 3.33. The fourth-order valence-electron chi connectivity index (χ4n) is 0. The Morgan fingerprint density at radius 3 is 1.00 bits per heavy atom. The molecule has 0 aliphatic carbocycles. The predicted octanol–water partition coefficient (Wildman–Crippen LogP) is -0.859. The third-order valence-corrected chi connectivity index (χ3v) is 0. The molecular weight excluding hydrogens is 248 g/mol. The molecule has 4 nitrogen and oxygen atoms in total. The van der Waals surface area contributed by atoms with Crippen molar-refractivity contribution in [3.63, 3.8) is 0 Å². The summed E-state index contributed by atoms with van der Waals surface area (Å²) >= 11 is -2.38. The fourth-order valence-corrected chi connectivity index (χ4v) is 0. The van der Waals surface area contributed by atoms with Crippen LogP contribution in [0.2, 0.25) is 0 Å². The molecule has 30 valence electrons. The van der Waals surface area contributed by atoms with Gasteiger partial charge in [0, 0.05) is 0 Å². The first kappa shape index (κ1) is 28.3. The third kappa shape index (κ3) is 86.5. The molecule has 0 bridgehead atoms. The van der Waals surface area contributed by atoms with Crippen LogP contribution >= 0.6 is 0 Å². The van der Waals surface area contributed by atoms with Crippen molar-refractivity contribution in [1.82, 2.24) is 0 Å². The van der Waals surface area contributed by atoms with Gasteiger partial charge in [-0.3, -0.25) is 0 Å². The van der Waals surface area contributed by atoms with Gasteiger partial charge in [0.2, 0.25) is 0 Å². The monoisotopic (exact) mass is 248 g/mol. The Morgan fingerprint density at radius 1 is 1.00 bits per heavy atom. The summed E-state index contributed by atoms with van der Waals surface area (Å²) in [6.45, 7) is 0. The molecule has 0 aliphatic rings. The van der Waals surface area contributed by atoms with Gasteiger partial charge in [-0.1, -0.05) is 0 Å². The Balaban J connectivity index is -0.00000000667. The molecule has 0 rings (SSSR count). The average molecular weight is 248 g/mol. The molecule has 0 unspecified atom stereocenters. The quantitative estimate of drug-likeness (QED) is 0.522. The third-order valence-electron chi connectivity index (χ3n) is 0. The maximum Gasteiger partial charge on any atom is 4.00 e. The summed E-state index contributed by atoms with van der Waals surface area (Å²) < 4.78 is 17.1. The van der Waals surface area contributed by atoms with E-state index in [0.717, 1.165) is 0 Å². The van der Waals surface area contributed by atoms with E-state index in [-0.39, 0.29) is 34.9 Å². The Kier molecular flexibility index (Phi) is 182. The van der Waals surface area contributed by atoms with E-state index in [0.29, 0.717) is 0 Å². The molecule has 0 heterocycles. The van der Waals surface area contributed by atoms with Crippen LogP contribution in [0.25, 0.3) is 0 Å². The van der Waals surface area contributed by atoms with Gasteiger partial charge in [-0.25, -0.2) is 0 Å². The van der Waals surface area contributed by atoms with E-state index < -0.39 is 17.0 Å². The molecule has 0 amide bonds. The van der Waals surface area contributed by atoms with Gasteiger partial charge in [-0.15, -0.1) is 0 Å². The van der Waals surface area contributed by atoms with Gasteiger partial charge >= 0.3 is 48.1 Å². The summed E-state index contributed by atoms with van der Waals surface area (Å²) in [6, 6.07) is 0. The zero-order valence-electron chi connectivity index (χ0n) is 2.84. The zero-order valence-corrected chi connectivity index (χ0v) is 8.66. The first-order valence-electron chi connectivity index (χ1n) is 0.577. The molecule has 0 aromatic rings. The molecule has 6 heavy (non-hydrogen) atoms. The van der Waals surface area contributed by atoms with E-state index in [9.17, 15) is 0 Å². The van der Waals surface area contributed by atoms with Crippen molar-refractivity contribution in [2.24, 2.45) is 0 Å². The molecule has 0 aromatic carbocycles. The predicted molar refractivity (Wildman–Crippen MR) is 8.50 cm³/mol. The van der Waals surface area contributed by atoms with Crippen molar-refractivity contribution < 1.29 is 35.1 Å². The summed E-state index contributed by atoms with van der Waals surface area (Å²) in [4.78, 5) is 0. The van der Waals surface area contributed by atoms with E-state index in [4.69, 9.17) is 7.15 Å². The standard InChI is InChI=1S/4O.Sn.Zn/q;;2*-2;+4;.